The van der Waals surface area contributed by atoms with Crippen molar-refractivity contribution >= 4 is 5.97 Å². The summed E-state index contributed by atoms with van der Waals surface area (Å²) >= 11 is 0. The van der Waals surface area contributed by atoms with Crippen molar-refractivity contribution in [3.8, 4) is 0 Å². The van der Waals surface area contributed by atoms with Crippen LogP contribution >= 0.6 is 0 Å². The van der Waals surface area contributed by atoms with E-state index in [9.17, 15) is 4.79 Å². The molecule has 1 aromatic carbocycles. The molecular weight excluding hydrogens is 216 g/mol. The maximum absolute atomic E-state index is 11.1. The molecule has 0 amide bonds. The first-order valence-electron chi connectivity index (χ1n) is 5.84. The number of epoxide rings is 1. The molecule has 2 rings (SSSR count). The Morgan fingerprint density at radius 1 is 1.41 bits per heavy atom. The Hall–Kier alpha value is -1.61. The molecule has 1 aliphatic heterocycles. The fourth-order valence-corrected chi connectivity index (χ4v) is 1.70. The van der Waals surface area contributed by atoms with Crippen LogP contribution in [0, 0.1) is 0 Å². The average Bonchev–Trinajstić information content (AvgIpc) is 3.07. The average molecular weight is 232 g/mol. The molecule has 90 valence electrons. The highest BCUT2D eigenvalue weighted by Gasteiger charge is 2.36. The van der Waals surface area contributed by atoms with Gasteiger partial charge in [0.25, 0.3) is 0 Å². The molecule has 0 aromatic heterocycles. The monoisotopic (exact) mass is 232 g/mol. The van der Waals surface area contributed by atoms with Crippen molar-refractivity contribution < 1.29 is 14.3 Å². The Morgan fingerprint density at radius 3 is 2.88 bits per heavy atom. The summed E-state index contributed by atoms with van der Waals surface area (Å²) in [6.45, 7) is 2.19. The van der Waals surface area contributed by atoms with Crippen LogP contribution in [0.5, 0.6) is 0 Å². The molecule has 1 aromatic rings. The van der Waals surface area contributed by atoms with E-state index in [-0.39, 0.29) is 18.2 Å². The molecule has 0 saturated carbocycles. The van der Waals surface area contributed by atoms with Gasteiger partial charge in [0.15, 0.2) is 0 Å². The smallest absolute Gasteiger partial charge is 0.330 e. The molecule has 1 aliphatic rings. The van der Waals surface area contributed by atoms with Crippen LogP contribution in [0.15, 0.2) is 42.5 Å². The Morgan fingerprint density at radius 2 is 2.18 bits per heavy atom. The van der Waals surface area contributed by atoms with Gasteiger partial charge in [0, 0.05) is 12.5 Å². The highest BCUT2D eigenvalue weighted by atomic mass is 16.6. The summed E-state index contributed by atoms with van der Waals surface area (Å²) < 4.78 is 10.2. The Kier molecular flexibility index (Phi) is 3.94. The standard InChI is InChI=1S/C14H16O3/c1-2-16-14(15)9-8-12-13(17-12)10-11-6-4-3-5-7-11/h3-9,12-13H,2,10H2,1H3/b9-8+/t12-,13-/m0/s1. The summed E-state index contributed by atoms with van der Waals surface area (Å²) in [5.74, 6) is -0.304. The lowest BCUT2D eigenvalue weighted by molar-refractivity contribution is -0.137. The lowest BCUT2D eigenvalue weighted by Crippen LogP contribution is -2.01. The molecule has 17 heavy (non-hydrogen) atoms. The Balaban J connectivity index is 1.76. The second-order valence-corrected chi connectivity index (χ2v) is 3.94. The highest BCUT2D eigenvalue weighted by molar-refractivity contribution is 5.82. The number of carbonyl (C=O) groups excluding carboxylic acids is 1. The van der Waals surface area contributed by atoms with Gasteiger partial charge in [-0.3, -0.25) is 0 Å². The Labute approximate surface area is 101 Å². The van der Waals surface area contributed by atoms with Crippen molar-refractivity contribution in [1.29, 1.82) is 0 Å². The van der Waals surface area contributed by atoms with Crippen molar-refractivity contribution in [2.75, 3.05) is 6.61 Å². The largest absolute Gasteiger partial charge is 0.463 e. The third-order valence-electron chi connectivity index (χ3n) is 2.61. The zero-order valence-corrected chi connectivity index (χ0v) is 9.84. The molecule has 1 heterocycles. The molecule has 0 spiro atoms. The van der Waals surface area contributed by atoms with Gasteiger partial charge < -0.3 is 9.47 Å². The van der Waals surface area contributed by atoms with Gasteiger partial charge in [0.05, 0.1) is 12.7 Å². The summed E-state index contributed by atoms with van der Waals surface area (Å²) in [6.07, 6.45) is 4.35. The first-order chi connectivity index (χ1) is 8.29. The van der Waals surface area contributed by atoms with Gasteiger partial charge in [-0.05, 0) is 18.6 Å². The molecule has 0 radical (unpaired) electrons. The molecule has 0 bridgehead atoms. The van der Waals surface area contributed by atoms with Crippen LogP contribution in [-0.4, -0.2) is 24.8 Å². The van der Waals surface area contributed by atoms with E-state index in [1.54, 1.807) is 13.0 Å². The van der Waals surface area contributed by atoms with Crippen molar-refractivity contribution in [3.63, 3.8) is 0 Å². The highest BCUT2D eigenvalue weighted by Crippen LogP contribution is 2.26. The topological polar surface area (TPSA) is 38.8 Å². The number of benzene rings is 1. The van der Waals surface area contributed by atoms with Crippen molar-refractivity contribution in [2.45, 2.75) is 25.6 Å². The molecule has 1 saturated heterocycles. The van der Waals surface area contributed by atoms with E-state index in [1.165, 1.54) is 11.6 Å². The summed E-state index contributed by atoms with van der Waals surface area (Å²) in [5.41, 5.74) is 1.25. The maximum Gasteiger partial charge on any atom is 0.330 e. The van der Waals surface area contributed by atoms with Crippen LogP contribution in [0.4, 0.5) is 0 Å². The van der Waals surface area contributed by atoms with Crippen LogP contribution in [0.2, 0.25) is 0 Å². The molecule has 3 nitrogen and oxygen atoms in total. The van der Waals surface area contributed by atoms with Crippen LogP contribution < -0.4 is 0 Å². The Bertz CT molecular complexity index is 397. The fraction of sp³-hybridized carbons (Fsp3) is 0.357. The van der Waals surface area contributed by atoms with E-state index < -0.39 is 0 Å². The summed E-state index contributed by atoms with van der Waals surface area (Å²) in [6, 6.07) is 10.2. The molecule has 0 unspecified atom stereocenters. The van der Waals surface area contributed by atoms with E-state index in [4.69, 9.17) is 9.47 Å². The minimum absolute atomic E-state index is 0.0552. The third kappa shape index (κ3) is 3.71. The third-order valence-corrected chi connectivity index (χ3v) is 2.61. The fourth-order valence-electron chi connectivity index (χ4n) is 1.70. The zero-order chi connectivity index (χ0) is 12.1. The molecule has 1 fully saturated rings. The molecular formula is C14H16O3. The van der Waals surface area contributed by atoms with Gasteiger partial charge in [-0.25, -0.2) is 4.79 Å². The minimum atomic E-state index is -0.304. The van der Waals surface area contributed by atoms with E-state index in [1.807, 2.05) is 18.2 Å². The van der Waals surface area contributed by atoms with Crippen molar-refractivity contribution in [1.82, 2.24) is 0 Å². The van der Waals surface area contributed by atoms with Gasteiger partial charge in [-0.1, -0.05) is 30.3 Å². The number of hydrogen-bond acceptors (Lipinski definition) is 3. The summed E-state index contributed by atoms with van der Waals surface area (Å²) in [5, 5.41) is 0. The van der Waals surface area contributed by atoms with E-state index in [2.05, 4.69) is 12.1 Å². The first kappa shape index (κ1) is 11.9. The lowest BCUT2D eigenvalue weighted by Gasteiger charge is -1.95. The minimum Gasteiger partial charge on any atom is -0.463 e. The van der Waals surface area contributed by atoms with E-state index in [0.717, 1.165) is 6.42 Å². The number of carbonyl (C=O) groups is 1. The summed E-state index contributed by atoms with van der Waals surface area (Å²) in [4.78, 5) is 11.1. The quantitative estimate of drug-likeness (QED) is 0.443. The number of rotatable bonds is 5. The summed E-state index contributed by atoms with van der Waals surface area (Å²) in [7, 11) is 0. The predicted molar refractivity (Wildman–Crippen MR) is 64.6 cm³/mol. The van der Waals surface area contributed by atoms with E-state index >= 15 is 0 Å². The van der Waals surface area contributed by atoms with Gasteiger partial charge in [-0.15, -0.1) is 0 Å². The predicted octanol–water partition coefficient (Wildman–Crippen LogP) is 2.12. The van der Waals surface area contributed by atoms with Crippen LogP contribution in [0.25, 0.3) is 0 Å². The molecule has 0 N–H and O–H groups in total. The SMILES string of the molecule is CCOC(=O)/C=C/[C@@H]1O[C@H]1Cc1ccccc1. The van der Waals surface area contributed by atoms with Gasteiger partial charge in [-0.2, -0.15) is 0 Å². The first-order valence-corrected chi connectivity index (χ1v) is 5.84. The second kappa shape index (κ2) is 5.64. The zero-order valence-electron chi connectivity index (χ0n) is 9.84. The molecule has 3 heteroatoms. The lowest BCUT2D eigenvalue weighted by atomic mass is 10.1. The van der Waals surface area contributed by atoms with Crippen molar-refractivity contribution in [3.05, 3.63) is 48.0 Å². The normalized spacial score (nSPS) is 22.6. The van der Waals surface area contributed by atoms with Crippen molar-refractivity contribution in [2.24, 2.45) is 0 Å². The van der Waals surface area contributed by atoms with Gasteiger partial charge >= 0.3 is 5.97 Å². The molecule has 2 atom stereocenters. The van der Waals surface area contributed by atoms with Crippen LogP contribution in [0.3, 0.4) is 0 Å². The number of hydrogen-bond donors (Lipinski definition) is 0. The maximum atomic E-state index is 11.1. The van der Waals surface area contributed by atoms with Crippen LogP contribution in [-0.2, 0) is 20.7 Å². The van der Waals surface area contributed by atoms with E-state index in [0.29, 0.717) is 6.61 Å². The number of ether oxygens (including phenoxy) is 2. The van der Waals surface area contributed by atoms with Crippen LogP contribution in [0.1, 0.15) is 12.5 Å². The molecule has 0 aliphatic carbocycles. The van der Waals surface area contributed by atoms with Gasteiger partial charge in [0.1, 0.15) is 6.10 Å². The second-order valence-electron chi connectivity index (χ2n) is 3.94. The number of esters is 1. The van der Waals surface area contributed by atoms with Gasteiger partial charge in [0.2, 0.25) is 0 Å².